The van der Waals surface area contributed by atoms with Gasteiger partial charge in [0.05, 0.1) is 17.2 Å². The van der Waals surface area contributed by atoms with E-state index in [1.54, 1.807) is 6.92 Å². The Morgan fingerprint density at radius 3 is 2.37 bits per heavy atom. The second-order valence-corrected chi connectivity index (χ2v) is 8.17. The predicted octanol–water partition coefficient (Wildman–Crippen LogP) is 3.69. The normalized spacial score (nSPS) is 12.4. The highest BCUT2D eigenvalue weighted by Gasteiger charge is 2.19. The lowest BCUT2D eigenvalue weighted by molar-refractivity contribution is 0.0118. The molecule has 2 rings (SSSR count). The van der Waals surface area contributed by atoms with Gasteiger partial charge in [-0.3, -0.25) is 4.72 Å². The van der Waals surface area contributed by atoms with Gasteiger partial charge in [-0.2, -0.15) is 0 Å². The van der Waals surface area contributed by atoms with E-state index >= 15 is 0 Å². The van der Waals surface area contributed by atoms with Crippen molar-refractivity contribution in [1.29, 1.82) is 0 Å². The SMILES string of the molecule is COCC(C)OC(=O)c1ccc(NS(=O)(=O)c2cc(Cl)cc(Cl)c2)cc1O. The number of phenols is 1. The monoisotopic (exact) mass is 433 g/mol. The van der Waals surface area contributed by atoms with Crippen LogP contribution in [0.2, 0.25) is 10.0 Å². The zero-order chi connectivity index (χ0) is 20.2. The zero-order valence-electron chi connectivity index (χ0n) is 14.4. The van der Waals surface area contributed by atoms with Crippen LogP contribution in [0.5, 0.6) is 5.75 Å². The first-order valence-corrected chi connectivity index (χ1v) is 9.88. The van der Waals surface area contributed by atoms with Crippen molar-refractivity contribution >= 4 is 44.9 Å². The van der Waals surface area contributed by atoms with Crippen LogP contribution in [0, 0.1) is 0 Å². The summed E-state index contributed by atoms with van der Waals surface area (Å²) in [6, 6.07) is 7.54. The van der Waals surface area contributed by atoms with Crippen molar-refractivity contribution in [3.05, 3.63) is 52.0 Å². The van der Waals surface area contributed by atoms with E-state index in [4.69, 9.17) is 32.7 Å². The second kappa shape index (κ2) is 8.79. The number of rotatable bonds is 7. The summed E-state index contributed by atoms with van der Waals surface area (Å²) >= 11 is 11.7. The van der Waals surface area contributed by atoms with Crippen LogP contribution in [0.4, 0.5) is 5.69 Å². The molecule has 0 aliphatic carbocycles. The van der Waals surface area contributed by atoms with Crippen molar-refractivity contribution < 1.29 is 27.8 Å². The number of anilines is 1. The molecule has 0 radical (unpaired) electrons. The third-order valence-corrected chi connectivity index (χ3v) is 5.12. The molecule has 0 aliphatic heterocycles. The van der Waals surface area contributed by atoms with Crippen LogP contribution in [-0.2, 0) is 19.5 Å². The lowest BCUT2D eigenvalue weighted by Crippen LogP contribution is -2.19. The van der Waals surface area contributed by atoms with E-state index < -0.39 is 27.8 Å². The summed E-state index contributed by atoms with van der Waals surface area (Å²) < 4.78 is 37.1. The fourth-order valence-electron chi connectivity index (χ4n) is 2.18. The number of esters is 1. The summed E-state index contributed by atoms with van der Waals surface area (Å²) in [7, 11) is -2.53. The summed E-state index contributed by atoms with van der Waals surface area (Å²) in [5.41, 5.74) is -0.0585. The highest BCUT2D eigenvalue weighted by molar-refractivity contribution is 7.92. The number of benzene rings is 2. The molecule has 1 unspecified atom stereocenters. The van der Waals surface area contributed by atoms with Gasteiger partial charge < -0.3 is 14.6 Å². The van der Waals surface area contributed by atoms with Gasteiger partial charge in [0, 0.05) is 23.2 Å². The Morgan fingerprint density at radius 2 is 1.81 bits per heavy atom. The maximum absolute atomic E-state index is 12.4. The average Bonchev–Trinajstić information content (AvgIpc) is 2.53. The first kappa shape index (κ1) is 21.3. The molecule has 0 heterocycles. The van der Waals surface area contributed by atoms with Gasteiger partial charge >= 0.3 is 5.97 Å². The van der Waals surface area contributed by atoms with Gasteiger partial charge in [-0.1, -0.05) is 23.2 Å². The van der Waals surface area contributed by atoms with Crippen LogP contribution in [0.25, 0.3) is 0 Å². The van der Waals surface area contributed by atoms with Gasteiger partial charge in [-0.05, 0) is 37.3 Å². The summed E-state index contributed by atoms with van der Waals surface area (Å²) in [6.07, 6.45) is -0.507. The number of carbonyl (C=O) groups excluding carboxylic acids is 1. The minimum absolute atomic E-state index is 0.0464. The Bertz CT molecular complexity index is 928. The van der Waals surface area contributed by atoms with E-state index in [9.17, 15) is 18.3 Å². The van der Waals surface area contributed by atoms with Crippen LogP contribution in [0.1, 0.15) is 17.3 Å². The summed E-state index contributed by atoms with van der Waals surface area (Å²) in [4.78, 5) is 11.9. The lowest BCUT2D eigenvalue weighted by Gasteiger charge is -2.14. The van der Waals surface area contributed by atoms with Gasteiger partial charge in [-0.25, -0.2) is 13.2 Å². The zero-order valence-corrected chi connectivity index (χ0v) is 16.7. The number of methoxy groups -OCH3 is 1. The van der Waals surface area contributed by atoms with Gasteiger partial charge in [0.1, 0.15) is 17.4 Å². The van der Waals surface area contributed by atoms with Crippen molar-refractivity contribution in [3.63, 3.8) is 0 Å². The van der Waals surface area contributed by atoms with E-state index in [1.165, 1.54) is 37.4 Å². The van der Waals surface area contributed by atoms with E-state index in [2.05, 4.69) is 4.72 Å². The summed E-state index contributed by atoms with van der Waals surface area (Å²) in [5, 5.41) is 10.4. The molecule has 10 heteroatoms. The molecule has 27 heavy (non-hydrogen) atoms. The first-order chi connectivity index (χ1) is 12.6. The highest BCUT2D eigenvalue weighted by Crippen LogP contribution is 2.27. The molecule has 0 aliphatic rings. The van der Waals surface area contributed by atoms with Gasteiger partial charge in [0.15, 0.2) is 0 Å². The first-order valence-electron chi connectivity index (χ1n) is 7.64. The number of halogens is 2. The number of sulfonamides is 1. The maximum Gasteiger partial charge on any atom is 0.342 e. The molecule has 0 saturated heterocycles. The molecule has 2 aromatic rings. The number of nitrogens with one attached hydrogen (secondary N) is 1. The Morgan fingerprint density at radius 1 is 1.19 bits per heavy atom. The van der Waals surface area contributed by atoms with Crippen LogP contribution in [0.15, 0.2) is 41.3 Å². The van der Waals surface area contributed by atoms with E-state index in [0.717, 1.165) is 6.07 Å². The highest BCUT2D eigenvalue weighted by atomic mass is 35.5. The molecule has 1 atom stereocenters. The molecule has 7 nitrogen and oxygen atoms in total. The fraction of sp³-hybridized carbons (Fsp3) is 0.235. The molecule has 0 aromatic heterocycles. The molecular formula is C17H17Cl2NO6S. The van der Waals surface area contributed by atoms with Crippen molar-refractivity contribution in [2.24, 2.45) is 0 Å². The quantitative estimate of drug-likeness (QED) is 0.645. The lowest BCUT2D eigenvalue weighted by atomic mass is 10.2. The molecule has 146 valence electrons. The van der Waals surface area contributed by atoms with Gasteiger partial charge in [0.2, 0.25) is 0 Å². The molecular weight excluding hydrogens is 417 g/mol. The smallest absolute Gasteiger partial charge is 0.342 e. The van der Waals surface area contributed by atoms with Gasteiger partial charge in [-0.15, -0.1) is 0 Å². The average molecular weight is 434 g/mol. The number of phenolic OH excluding ortho intramolecular Hbond substituents is 1. The summed E-state index contributed by atoms with van der Waals surface area (Å²) in [5.74, 6) is -1.19. The van der Waals surface area contributed by atoms with E-state index in [-0.39, 0.29) is 32.8 Å². The fourth-order valence-corrected chi connectivity index (χ4v) is 3.96. The van der Waals surface area contributed by atoms with Crippen LogP contribution >= 0.6 is 23.2 Å². The number of ether oxygens (including phenoxy) is 2. The molecule has 2 N–H and O–H groups in total. The molecule has 0 fully saturated rings. The van der Waals surface area contributed by atoms with Crippen LogP contribution in [0.3, 0.4) is 0 Å². The Labute approximate surface area is 166 Å². The maximum atomic E-state index is 12.4. The van der Waals surface area contributed by atoms with Crippen molar-refractivity contribution in [2.45, 2.75) is 17.9 Å². The number of carbonyl (C=O) groups is 1. The predicted molar refractivity (Wildman–Crippen MR) is 102 cm³/mol. The third kappa shape index (κ3) is 5.74. The van der Waals surface area contributed by atoms with E-state index in [1.807, 2.05) is 0 Å². The number of hydrogen-bond acceptors (Lipinski definition) is 6. The van der Waals surface area contributed by atoms with Crippen LogP contribution < -0.4 is 4.72 Å². The number of hydrogen-bond donors (Lipinski definition) is 2. The summed E-state index contributed by atoms with van der Waals surface area (Å²) in [6.45, 7) is 1.84. The van der Waals surface area contributed by atoms with E-state index in [0.29, 0.717) is 0 Å². The molecule has 0 saturated carbocycles. The Hall–Kier alpha value is -2.00. The molecule has 0 bridgehead atoms. The Kier molecular flexibility index (Phi) is 6.94. The molecule has 2 aromatic carbocycles. The minimum atomic E-state index is -4.00. The largest absolute Gasteiger partial charge is 0.507 e. The number of aromatic hydroxyl groups is 1. The van der Waals surface area contributed by atoms with Crippen molar-refractivity contribution in [3.8, 4) is 5.75 Å². The van der Waals surface area contributed by atoms with Crippen molar-refractivity contribution in [1.82, 2.24) is 0 Å². The Balaban J connectivity index is 2.21. The topological polar surface area (TPSA) is 102 Å². The second-order valence-electron chi connectivity index (χ2n) is 5.61. The van der Waals surface area contributed by atoms with Crippen molar-refractivity contribution in [2.75, 3.05) is 18.4 Å². The van der Waals surface area contributed by atoms with Crippen LogP contribution in [-0.4, -0.2) is 39.3 Å². The minimum Gasteiger partial charge on any atom is -0.507 e. The third-order valence-electron chi connectivity index (χ3n) is 3.33. The molecule has 0 spiro atoms. The standard InChI is InChI=1S/C17H17Cl2NO6S/c1-10(9-25-2)26-17(22)15-4-3-13(8-16(15)21)20-27(23,24)14-6-11(18)5-12(19)7-14/h3-8,10,20-21H,9H2,1-2H3. The van der Waals surface area contributed by atoms with Gasteiger partial charge in [0.25, 0.3) is 10.0 Å². The molecule has 0 amide bonds.